The number of nitrogens with zero attached hydrogens (tertiary/aromatic N) is 1. The second kappa shape index (κ2) is 5.76. The molecule has 1 unspecified atom stereocenters. The van der Waals surface area contributed by atoms with Crippen molar-refractivity contribution in [1.29, 1.82) is 0 Å². The zero-order valence-corrected chi connectivity index (χ0v) is 12.5. The number of rotatable bonds is 4. The van der Waals surface area contributed by atoms with Gasteiger partial charge in [0.15, 0.2) is 0 Å². The minimum absolute atomic E-state index is 0.0418. The molecule has 1 heterocycles. The molecule has 0 aliphatic carbocycles. The molecule has 1 fully saturated rings. The van der Waals surface area contributed by atoms with Gasteiger partial charge in [-0.3, -0.25) is 9.59 Å². The average molecular weight is 290 g/mol. The predicted octanol–water partition coefficient (Wildman–Crippen LogP) is 1.87. The third-order valence-electron chi connectivity index (χ3n) is 4.20. The highest BCUT2D eigenvalue weighted by molar-refractivity contribution is 5.87. The Bertz CT molecular complexity index is 537. The zero-order chi connectivity index (χ0) is 15.6. The molecule has 0 spiro atoms. The number of amides is 1. The van der Waals surface area contributed by atoms with Crippen LogP contribution < -0.4 is 5.73 Å². The van der Waals surface area contributed by atoms with Gasteiger partial charge in [-0.25, -0.2) is 0 Å². The number of hydrogen-bond acceptors (Lipinski definition) is 3. The summed E-state index contributed by atoms with van der Waals surface area (Å²) in [5.41, 5.74) is 6.64. The Morgan fingerprint density at radius 3 is 2.52 bits per heavy atom. The van der Waals surface area contributed by atoms with Crippen LogP contribution in [0, 0.1) is 5.92 Å². The van der Waals surface area contributed by atoms with Crippen molar-refractivity contribution in [2.24, 2.45) is 5.92 Å². The normalized spacial score (nSPS) is 18.8. The van der Waals surface area contributed by atoms with Crippen LogP contribution >= 0.6 is 0 Å². The molecule has 5 nitrogen and oxygen atoms in total. The van der Waals surface area contributed by atoms with Crippen LogP contribution in [0.4, 0.5) is 5.69 Å². The summed E-state index contributed by atoms with van der Waals surface area (Å²) in [5, 5.41) is 8.85. The van der Waals surface area contributed by atoms with Gasteiger partial charge < -0.3 is 15.7 Å². The van der Waals surface area contributed by atoms with Gasteiger partial charge in [0.25, 0.3) is 0 Å². The highest BCUT2D eigenvalue weighted by atomic mass is 16.4. The van der Waals surface area contributed by atoms with E-state index >= 15 is 0 Å². The summed E-state index contributed by atoms with van der Waals surface area (Å²) in [6.45, 7) is 4.95. The summed E-state index contributed by atoms with van der Waals surface area (Å²) < 4.78 is 0. The van der Waals surface area contributed by atoms with Gasteiger partial charge in [-0.1, -0.05) is 12.1 Å². The molecule has 21 heavy (non-hydrogen) atoms. The molecule has 1 amide bonds. The molecule has 1 aliphatic rings. The van der Waals surface area contributed by atoms with Crippen molar-refractivity contribution in [3.05, 3.63) is 29.8 Å². The van der Waals surface area contributed by atoms with E-state index in [0.29, 0.717) is 18.8 Å². The number of anilines is 1. The molecule has 0 aromatic heterocycles. The maximum absolute atomic E-state index is 12.7. The van der Waals surface area contributed by atoms with E-state index in [9.17, 15) is 9.59 Å². The number of benzene rings is 1. The summed E-state index contributed by atoms with van der Waals surface area (Å²) in [6, 6.07) is 7.33. The third kappa shape index (κ3) is 3.35. The smallest absolute Gasteiger partial charge is 0.303 e. The number of hydrogen-bond donors (Lipinski definition) is 2. The highest BCUT2D eigenvalue weighted by Crippen LogP contribution is 2.30. The Labute approximate surface area is 124 Å². The van der Waals surface area contributed by atoms with E-state index in [1.54, 1.807) is 17.0 Å². The topological polar surface area (TPSA) is 83.6 Å². The molecular formula is C16H22N2O3. The van der Waals surface area contributed by atoms with Crippen LogP contribution in [0.15, 0.2) is 24.3 Å². The number of carboxylic acid groups (broad SMARTS) is 1. The van der Waals surface area contributed by atoms with E-state index in [-0.39, 0.29) is 18.2 Å². The molecule has 1 aliphatic heterocycles. The molecule has 5 heteroatoms. The molecule has 1 aromatic rings. The van der Waals surface area contributed by atoms with Crippen molar-refractivity contribution in [3.63, 3.8) is 0 Å². The molecule has 114 valence electrons. The van der Waals surface area contributed by atoms with Crippen LogP contribution in [-0.2, 0) is 15.0 Å². The van der Waals surface area contributed by atoms with Crippen LogP contribution in [0.1, 0.15) is 32.3 Å². The maximum atomic E-state index is 12.7. The number of carbonyl (C=O) groups excluding carboxylic acids is 1. The van der Waals surface area contributed by atoms with Crippen molar-refractivity contribution in [2.75, 3.05) is 18.8 Å². The Hall–Kier alpha value is -2.04. The largest absolute Gasteiger partial charge is 0.481 e. The van der Waals surface area contributed by atoms with Crippen LogP contribution in [0.25, 0.3) is 0 Å². The Kier molecular flexibility index (Phi) is 4.21. The minimum atomic E-state index is -0.799. The fourth-order valence-electron chi connectivity index (χ4n) is 2.85. The quantitative estimate of drug-likeness (QED) is 0.829. The van der Waals surface area contributed by atoms with Crippen molar-refractivity contribution in [1.82, 2.24) is 4.90 Å². The van der Waals surface area contributed by atoms with Gasteiger partial charge in [0, 0.05) is 25.2 Å². The molecular weight excluding hydrogens is 268 g/mol. The lowest BCUT2D eigenvalue weighted by atomic mass is 9.83. The third-order valence-corrected chi connectivity index (χ3v) is 4.20. The van der Waals surface area contributed by atoms with Gasteiger partial charge >= 0.3 is 5.97 Å². The number of nitrogen functional groups attached to an aromatic ring is 1. The monoisotopic (exact) mass is 290 g/mol. The van der Waals surface area contributed by atoms with Crippen LogP contribution in [0.2, 0.25) is 0 Å². The van der Waals surface area contributed by atoms with Crippen molar-refractivity contribution < 1.29 is 14.7 Å². The summed E-state index contributed by atoms with van der Waals surface area (Å²) in [4.78, 5) is 25.3. The van der Waals surface area contributed by atoms with Gasteiger partial charge in [-0.05, 0) is 43.9 Å². The predicted molar refractivity (Wildman–Crippen MR) is 80.8 cm³/mol. The first-order valence-electron chi connectivity index (χ1n) is 7.18. The Morgan fingerprint density at radius 2 is 1.95 bits per heavy atom. The molecule has 0 radical (unpaired) electrons. The van der Waals surface area contributed by atoms with Gasteiger partial charge in [-0.2, -0.15) is 0 Å². The molecule has 1 atom stereocenters. The van der Waals surface area contributed by atoms with Crippen molar-refractivity contribution >= 4 is 17.6 Å². The first-order chi connectivity index (χ1) is 9.80. The SMILES string of the molecule is CC(C)(C(=O)N1CCC(CC(=O)O)C1)c1ccc(N)cc1. The number of carbonyl (C=O) groups is 2. The van der Waals surface area contributed by atoms with Crippen molar-refractivity contribution in [2.45, 2.75) is 32.1 Å². The first-order valence-corrected chi connectivity index (χ1v) is 7.18. The van der Waals surface area contributed by atoms with Gasteiger partial charge in [0.05, 0.1) is 5.41 Å². The summed E-state index contributed by atoms with van der Waals surface area (Å²) in [6.07, 6.45) is 0.891. The van der Waals surface area contributed by atoms with E-state index in [2.05, 4.69) is 0 Å². The summed E-state index contributed by atoms with van der Waals surface area (Å²) in [5.74, 6) is -0.694. The number of carboxylic acids is 1. The minimum Gasteiger partial charge on any atom is -0.481 e. The van der Waals surface area contributed by atoms with Gasteiger partial charge in [0.1, 0.15) is 0 Å². The maximum Gasteiger partial charge on any atom is 0.303 e. The molecule has 3 N–H and O–H groups in total. The zero-order valence-electron chi connectivity index (χ0n) is 12.5. The van der Waals surface area contributed by atoms with Gasteiger partial charge in [0.2, 0.25) is 5.91 Å². The highest BCUT2D eigenvalue weighted by Gasteiger charge is 2.37. The lowest BCUT2D eigenvalue weighted by molar-refractivity contribution is -0.139. The fraction of sp³-hybridized carbons (Fsp3) is 0.500. The molecule has 2 rings (SSSR count). The Balaban J connectivity index is 2.08. The van der Waals surface area contributed by atoms with Gasteiger partial charge in [-0.15, -0.1) is 0 Å². The average Bonchev–Trinajstić information content (AvgIpc) is 2.85. The second-order valence-electron chi connectivity index (χ2n) is 6.25. The number of likely N-dealkylation sites (tertiary alicyclic amines) is 1. The second-order valence-corrected chi connectivity index (χ2v) is 6.25. The summed E-state index contributed by atoms with van der Waals surface area (Å²) >= 11 is 0. The fourth-order valence-corrected chi connectivity index (χ4v) is 2.85. The number of aliphatic carboxylic acids is 1. The lowest BCUT2D eigenvalue weighted by Crippen LogP contribution is -2.42. The lowest BCUT2D eigenvalue weighted by Gasteiger charge is -2.30. The Morgan fingerprint density at radius 1 is 1.33 bits per heavy atom. The molecule has 1 aromatic carbocycles. The van der Waals surface area contributed by atoms with E-state index in [4.69, 9.17) is 10.8 Å². The number of nitrogens with two attached hydrogens (primary N) is 1. The molecule has 0 bridgehead atoms. The molecule has 0 saturated carbocycles. The standard InChI is InChI=1S/C16H22N2O3/c1-16(2,12-3-5-13(17)6-4-12)15(21)18-8-7-11(10-18)9-14(19)20/h3-6,11H,7-10,17H2,1-2H3,(H,19,20). The van der Waals surface area contributed by atoms with Crippen LogP contribution in [-0.4, -0.2) is 35.0 Å². The van der Waals surface area contributed by atoms with E-state index in [1.165, 1.54) is 0 Å². The van der Waals surface area contributed by atoms with Crippen molar-refractivity contribution in [3.8, 4) is 0 Å². The van der Waals surface area contributed by atoms with E-state index < -0.39 is 11.4 Å². The van der Waals surface area contributed by atoms with E-state index in [1.807, 2.05) is 26.0 Å². The first kappa shape index (κ1) is 15.4. The van der Waals surface area contributed by atoms with Crippen LogP contribution in [0.3, 0.4) is 0 Å². The summed E-state index contributed by atoms with van der Waals surface area (Å²) in [7, 11) is 0. The molecule has 1 saturated heterocycles. The van der Waals surface area contributed by atoms with E-state index in [0.717, 1.165) is 12.0 Å². The van der Waals surface area contributed by atoms with Crippen LogP contribution in [0.5, 0.6) is 0 Å².